The summed E-state index contributed by atoms with van der Waals surface area (Å²) in [5.41, 5.74) is 7.42. The number of aromatic nitrogens is 4. The molecule has 3 aromatic rings. The summed E-state index contributed by atoms with van der Waals surface area (Å²) in [6, 6.07) is 13.1. The Morgan fingerprint density at radius 2 is 1.57 bits per heavy atom. The molecule has 35 heavy (non-hydrogen) atoms. The van der Waals surface area contributed by atoms with Gasteiger partial charge in [0.05, 0.1) is 7.11 Å². The molecule has 2 aromatic heterocycles. The minimum absolute atomic E-state index is 0.220. The molecule has 1 aromatic carbocycles. The van der Waals surface area contributed by atoms with Crippen LogP contribution in [0.5, 0.6) is 0 Å². The molecule has 0 unspecified atom stereocenters. The third kappa shape index (κ3) is 6.36. The van der Waals surface area contributed by atoms with Gasteiger partial charge in [-0.3, -0.25) is 14.4 Å². The SMILES string of the molecule is CON(CCC1CCCCC1)C(=O)c1ccc(C(=O)Nc2ccc(-c3ccc(N)nn3)nn2)cc1. The van der Waals surface area contributed by atoms with Crippen molar-refractivity contribution in [2.45, 2.75) is 38.5 Å². The zero-order valence-electron chi connectivity index (χ0n) is 19.7. The number of nitrogens with zero attached hydrogens (tertiary/aromatic N) is 5. The first-order valence-corrected chi connectivity index (χ1v) is 11.7. The van der Waals surface area contributed by atoms with Gasteiger partial charge in [-0.15, -0.1) is 20.4 Å². The fourth-order valence-electron chi connectivity index (χ4n) is 4.16. The van der Waals surface area contributed by atoms with Gasteiger partial charge in [-0.2, -0.15) is 0 Å². The van der Waals surface area contributed by atoms with Gasteiger partial charge in [-0.05, 0) is 60.9 Å². The second-order valence-electron chi connectivity index (χ2n) is 8.56. The molecule has 0 saturated heterocycles. The summed E-state index contributed by atoms with van der Waals surface area (Å²) in [5.74, 6) is 0.668. The molecule has 2 amide bonds. The van der Waals surface area contributed by atoms with Crippen LogP contribution in [0, 0.1) is 5.92 Å². The number of rotatable bonds is 8. The van der Waals surface area contributed by atoms with Crippen LogP contribution in [0.25, 0.3) is 11.4 Å². The molecule has 2 heterocycles. The summed E-state index contributed by atoms with van der Waals surface area (Å²) in [4.78, 5) is 30.8. The van der Waals surface area contributed by atoms with E-state index >= 15 is 0 Å². The van der Waals surface area contributed by atoms with E-state index in [1.807, 2.05) is 0 Å². The maximum absolute atomic E-state index is 12.9. The summed E-state index contributed by atoms with van der Waals surface area (Å²) in [6.07, 6.45) is 7.21. The average molecular weight is 476 g/mol. The number of amides is 2. The molecule has 4 rings (SSSR count). The summed E-state index contributed by atoms with van der Waals surface area (Å²) < 4.78 is 0. The van der Waals surface area contributed by atoms with Gasteiger partial charge in [0.2, 0.25) is 0 Å². The van der Waals surface area contributed by atoms with Crippen LogP contribution in [0.2, 0.25) is 0 Å². The zero-order chi connectivity index (χ0) is 24.6. The molecule has 3 N–H and O–H groups in total. The average Bonchev–Trinajstić information content (AvgIpc) is 2.90. The summed E-state index contributed by atoms with van der Waals surface area (Å²) in [7, 11) is 1.51. The number of hydroxylamine groups is 2. The van der Waals surface area contributed by atoms with Crippen molar-refractivity contribution < 1.29 is 14.4 Å². The van der Waals surface area contributed by atoms with Crippen molar-refractivity contribution in [3.05, 3.63) is 59.7 Å². The van der Waals surface area contributed by atoms with Crippen LogP contribution in [-0.2, 0) is 4.84 Å². The van der Waals surface area contributed by atoms with Crippen LogP contribution in [-0.4, -0.2) is 50.9 Å². The lowest BCUT2D eigenvalue weighted by atomic mass is 9.87. The van der Waals surface area contributed by atoms with Gasteiger partial charge in [0, 0.05) is 17.7 Å². The predicted octanol–water partition coefficient (Wildman–Crippen LogP) is 3.74. The molecular formula is C25H29N7O3. The second-order valence-corrected chi connectivity index (χ2v) is 8.56. The fourth-order valence-corrected chi connectivity index (χ4v) is 4.16. The summed E-state index contributed by atoms with van der Waals surface area (Å²) in [5, 5.41) is 19.9. The molecule has 0 spiro atoms. The largest absolute Gasteiger partial charge is 0.382 e. The van der Waals surface area contributed by atoms with E-state index in [1.54, 1.807) is 48.5 Å². The Morgan fingerprint density at radius 3 is 2.17 bits per heavy atom. The number of carbonyl (C=O) groups excluding carboxylic acids is 2. The highest BCUT2D eigenvalue weighted by atomic mass is 16.7. The van der Waals surface area contributed by atoms with Crippen molar-refractivity contribution in [1.82, 2.24) is 25.5 Å². The van der Waals surface area contributed by atoms with Crippen molar-refractivity contribution in [2.24, 2.45) is 5.92 Å². The van der Waals surface area contributed by atoms with E-state index in [0.717, 1.165) is 6.42 Å². The van der Waals surface area contributed by atoms with E-state index in [-0.39, 0.29) is 17.6 Å². The van der Waals surface area contributed by atoms with E-state index in [2.05, 4.69) is 25.7 Å². The van der Waals surface area contributed by atoms with Crippen molar-refractivity contribution in [2.75, 3.05) is 24.7 Å². The Hall–Kier alpha value is -3.92. The zero-order valence-corrected chi connectivity index (χ0v) is 19.7. The van der Waals surface area contributed by atoms with Gasteiger partial charge in [-0.1, -0.05) is 32.1 Å². The van der Waals surface area contributed by atoms with Crippen LogP contribution in [0.15, 0.2) is 48.5 Å². The molecule has 10 heteroatoms. The number of benzene rings is 1. The van der Waals surface area contributed by atoms with Crippen molar-refractivity contribution >= 4 is 23.5 Å². The molecule has 0 atom stereocenters. The quantitative estimate of drug-likeness (QED) is 0.470. The van der Waals surface area contributed by atoms with Crippen molar-refractivity contribution in [3.63, 3.8) is 0 Å². The summed E-state index contributed by atoms with van der Waals surface area (Å²) >= 11 is 0. The number of nitrogens with one attached hydrogen (secondary N) is 1. The Morgan fingerprint density at radius 1 is 0.914 bits per heavy atom. The van der Waals surface area contributed by atoms with Gasteiger partial charge >= 0.3 is 0 Å². The van der Waals surface area contributed by atoms with E-state index in [0.29, 0.717) is 40.8 Å². The fraction of sp³-hybridized carbons (Fsp3) is 0.360. The molecular weight excluding hydrogens is 446 g/mol. The van der Waals surface area contributed by atoms with Gasteiger partial charge in [0.15, 0.2) is 5.82 Å². The predicted molar refractivity (Wildman–Crippen MR) is 131 cm³/mol. The highest BCUT2D eigenvalue weighted by Crippen LogP contribution is 2.26. The first-order valence-electron chi connectivity index (χ1n) is 11.7. The van der Waals surface area contributed by atoms with E-state index < -0.39 is 0 Å². The van der Waals surface area contributed by atoms with Crippen LogP contribution < -0.4 is 11.1 Å². The molecule has 1 saturated carbocycles. The van der Waals surface area contributed by atoms with Gasteiger partial charge in [0.25, 0.3) is 11.8 Å². The second kappa shape index (κ2) is 11.5. The van der Waals surface area contributed by atoms with Gasteiger partial charge < -0.3 is 11.1 Å². The molecule has 0 aliphatic heterocycles. The standard InChI is InChI=1S/C25H29N7O3/c1-35-32(16-15-17-5-3-2-4-6-17)25(34)19-9-7-18(8-10-19)24(33)27-23-14-12-21(29-31-23)20-11-13-22(26)30-28-20/h7-14,17H,2-6,15-16H2,1H3,(H2,26,30)(H,27,31,33). The van der Waals surface area contributed by atoms with Crippen molar-refractivity contribution in [3.8, 4) is 11.4 Å². The van der Waals surface area contributed by atoms with Crippen LogP contribution in [0.4, 0.5) is 11.6 Å². The highest BCUT2D eigenvalue weighted by Gasteiger charge is 2.20. The Balaban J connectivity index is 1.33. The lowest BCUT2D eigenvalue weighted by Gasteiger charge is -2.25. The topological polar surface area (TPSA) is 136 Å². The Kier molecular flexibility index (Phi) is 7.94. The van der Waals surface area contributed by atoms with Crippen LogP contribution >= 0.6 is 0 Å². The van der Waals surface area contributed by atoms with E-state index in [4.69, 9.17) is 10.6 Å². The van der Waals surface area contributed by atoms with Crippen LogP contribution in [0.3, 0.4) is 0 Å². The molecule has 1 aliphatic rings. The number of hydrogen-bond donors (Lipinski definition) is 2. The normalized spacial score (nSPS) is 13.9. The monoisotopic (exact) mass is 475 g/mol. The Bertz CT molecular complexity index is 1130. The number of carbonyl (C=O) groups is 2. The maximum Gasteiger partial charge on any atom is 0.277 e. The number of nitrogens with two attached hydrogens (primary N) is 1. The smallest absolute Gasteiger partial charge is 0.277 e. The highest BCUT2D eigenvalue weighted by molar-refractivity contribution is 6.04. The maximum atomic E-state index is 12.9. The molecule has 10 nitrogen and oxygen atoms in total. The lowest BCUT2D eigenvalue weighted by Crippen LogP contribution is -2.32. The molecule has 182 valence electrons. The van der Waals surface area contributed by atoms with E-state index in [1.165, 1.54) is 44.3 Å². The molecule has 0 bridgehead atoms. The van der Waals surface area contributed by atoms with Gasteiger partial charge in [-0.25, -0.2) is 5.06 Å². The molecule has 1 fully saturated rings. The van der Waals surface area contributed by atoms with Gasteiger partial charge in [0.1, 0.15) is 17.2 Å². The Labute approximate surface area is 203 Å². The number of hydrogen-bond acceptors (Lipinski definition) is 8. The third-order valence-electron chi connectivity index (χ3n) is 6.16. The van der Waals surface area contributed by atoms with E-state index in [9.17, 15) is 9.59 Å². The first-order chi connectivity index (χ1) is 17.0. The first kappa shape index (κ1) is 24.2. The lowest BCUT2D eigenvalue weighted by molar-refractivity contribution is -0.0978. The number of anilines is 2. The molecule has 1 aliphatic carbocycles. The summed E-state index contributed by atoms with van der Waals surface area (Å²) in [6.45, 7) is 0.554. The third-order valence-corrected chi connectivity index (χ3v) is 6.16. The molecule has 0 radical (unpaired) electrons. The number of nitrogen functional groups attached to an aromatic ring is 1. The van der Waals surface area contributed by atoms with Crippen LogP contribution in [0.1, 0.15) is 59.2 Å². The van der Waals surface area contributed by atoms with Crippen molar-refractivity contribution in [1.29, 1.82) is 0 Å². The minimum Gasteiger partial charge on any atom is -0.382 e. The minimum atomic E-state index is -0.362.